The lowest BCUT2D eigenvalue weighted by Gasteiger charge is -2.34. The molecule has 3 rings (SSSR count). The number of aldehydes is 1. The van der Waals surface area contributed by atoms with Gasteiger partial charge in [0, 0.05) is 6.54 Å². The van der Waals surface area contributed by atoms with Crippen molar-refractivity contribution in [2.45, 2.75) is 123 Å². The monoisotopic (exact) mass is 491 g/mol. The number of nitrogens with one attached hydrogen (secondary N) is 2. The van der Waals surface area contributed by atoms with E-state index in [1.165, 1.54) is 0 Å². The highest BCUT2D eigenvalue weighted by molar-refractivity contribution is 5.93. The van der Waals surface area contributed by atoms with Crippen molar-refractivity contribution in [1.82, 2.24) is 15.5 Å². The molecule has 3 fully saturated rings. The predicted octanol–water partition coefficient (Wildman–Crippen LogP) is 3.96. The van der Waals surface area contributed by atoms with Crippen molar-refractivity contribution in [2.75, 3.05) is 6.54 Å². The summed E-state index contributed by atoms with van der Waals surface area (Å²) in [6.07, 6.45) is 9.59. The van der Waals surface area contributed by atoms with Gasteiger partial charge in [-0.3, -0.25) is 9.59 Å². The first-order chi connectivity index (χ1) is 16.5. The molecule has 2 aliphatic heterocycles. The van der Waals surface area contributed by atoms with Gasteiger partial charge in [-0.1, -0.05) is 65.2 Å². The van der Waals surface area contributed by atoms with Gasteiger partial charge in [0.2, 0.25) is 11.8 Å². The van der Waals surface area contributed by atoms with Crippen LogP contribution >= 0.6 is 0 Å². The second-order valence-electron chi connectivity index (χ2n) is 12.2. The number of hydrogen-bond acceptors (Lipinski definition) is 5. The van der Waals surface area contributed by atoms with Crippen molar-refractivity contribution in [3.63, 3.8) is 0 Å². The number of carbonyl (C=O) groups is 4. The Bertz CT molecular complexity index is 790. The predicted molar refractivity (Wildman–Crippen MR) is 134 cm³/mol. The molecule has 2 heterocycles. The molecule has 0 spiro atoms. The van der Waals surface area contributed by atoms with Crippen molar-refractivity contribution in [3.8, 4) is 0 Å². The molecule has 1 saturated carbocycles. The van der Waals surface area contributed by atoms with Gasteiger partial charge in [0.05, 0.1) is 6.04 Å². The van der Waals surface area contributed by atoms with Crippen LogP contribution in [0.1, 0.15) is 98.8 Å². The Morgan fingerprint density at radius 3 is 2.17 bits per heavy atom. The highest BCUT2D eigenvalue weighted by Gasteiger charge is 2.69. The Labute approximate surface area is 210 Å². The summed E-state index contributed by atoms with van der Waals surface area (Å²) >= 11 is 0. The third kappa shape index (κ3) is 6.98. The molecule has 0 radical (unpaired) electrons. The van der Waals surface area contributed by atoms with Gasteiger partial charge in [-0.2, -0.15) is 0 Å². The van der Waals surface area contributed by atoms with Crippen LogP contribution in [0.25, 0.3) is 0 Å². The molecule has 0 aromatic carbocycles. The van der Waals surface area contributed by atoms with E-state index in [2.05, 4.69) is 24.5 Å². The average molecular weight is 492 g/mol. The molecular formula is C27H45N3O5. The number of amides is 3. The number of rotatable bonds is 2. The maximum atomic E-state index is 13.8. The lowest BCUT2D eigenvalue weighted by Crippen LogP contribution is -2.57. The van der Waals surface area contributed by atoms with Crippen LogP contribution < -0.4 is 10.6 Å². The summed E-state index contributed by atoms with van der Waals surface area (Å²) in [6.45, 7) is 10.1. The summed E-state index contributed by atoms with van der Waals surface area (Å²) in [5, 5.41) is 5.72. The Balaban J connectivity index is 1.81. The molecule has 8 heteroatoms. The minimum Gasteiger partial charge on any atom is -0.444 e. The summed E-state index contributed by atoms with van der Waals surface area (Å²) in [4.78, 5) is 53.1. The summed E-state index contributed by atoms with van der Waals surface area (Å²) in [7, 11) is 0. The quantitative estimate of drug-likeness (QED) is 0.569. The summed E-state index contributed by atoms with van der Waals surface area (Å²) in [5.74, 6) is -0.187. The number of carbonyl (C=O) groups excluding carboxylic acids is 4. The number of ether oxygens (including phenoxy) is 1. The lowest BCUT2D eigenvalue weighted by molar-refractivity contribution is -0.142. The van der Waals surface area contributed by atoms with Crippen LogP contribution in [0.2, 0.25) is 0 Å². The molecule has 1 aliphatic carbocycles. The molecule has 35 heavy (non-hydrogen) atoms. The third-order valence-electron chi connectivity index (χ3n) is 8.00. The van der Waals surface area contributed by atoms with Gasteiger partial charge in [-0.15, -0.1) is 0 Å². The van der Waals surface area contributed by atoms with E-state index in [0.717, 1.165) is 57.7 Å². The van der Waals surface area contributed by atoms with Gasteiger partial charge in [0.15, 0.2) is 0 Å². The van der Waals surface area contributed by atoms with Gasteiger partial charge in [0.25, 0.3) is 0 Å². The summed E-state index contributed by atoms with van der Waals surface area (Å²) in [5.41, 5.74) is -0.697. The topological polar surface area (TPSA) is 105 Å². The molecule has 2 N–H and O–H groups in total. The van der Waals surface area contributed by atoms with Crippen LogP contribution in [0.15, 0.2) is 0 Å². The SMILES string of the molecule is CC(C)(C)OC(=O)N[C@H]1CCCCCCCCCC[C@@H](C=O)NC(=O)C2[C@@H]3C(CN2C1=O)C3(C)C. The minimum absolute atomic E-state index is 0.0255. The molecule has 2 saturated heterocycles. The largest absolute Gasteiger partial charge is 0.444 e. The summed E-state index contributed by atoms with van der Waals surface area (Å²) in [6, 6.07) is -1.89. The van der Waals surface area contributed by atoms with Crippen LogP contribution in [0.3, 0.4) is 0 Å². The molecular weight excluding hydrogens is 446 g/mol. The molecule has 3 amide bonds. The standard InChI is InChI=1S/C27H45N3O5/c1-26(2,3)35-25(34)29-20-15-13-11-9-7-6-8-10-12-14-18(17-31)28-23(32)22-21-19(27(21,4)5)16-30(22)24(20)33/h17-22H,6-16H2,1-5H3,(H,28,32)(H,29,34)/t18-,19?,20-,21-,22?/m0/s1. The highest BCUT2D eigenvalue weighted by atomic mass is 16.6. The molecule has 2 unspecified atom stereocenters. The van der Waals surface area contributed by atoms with Crippen LogP contribution in [0, 0.1) is 17.3 Å². The van der Waals surface area contributed by atoms with Crippen molar-refractivity contribution < 1.29 is 23.9 Å². The van der Waals surface area contributed by atoms with Gasteiger partial charge in [0.1, 0.15) is 24.0 Å². The van der Waals surface area contributed by atoms with Crippen LogP contribution in [-0.2, 0) is 19.1 Å². The molecule has 198 valence electrons. The highest BCUT2D eigenvalue weighted by Crippen LogP contribution is 2.64. The van der Waals surface area contributed by atoms with Gasteiger partial charge < -0.3 is 25.1 Å². The van der Waals surface area contributed by atoms with E-state index in [-0.39, 0.29) is 29.1 Å². The fraction of sp³-hybridized carbons (Fsp3) is 0.852. The fourth-order valence-corrected chi connectivity index (χ4v) is 5.94. The zero-order valence-electron chi connectivity index (χ0n) is 22.2. The second-order valence-corrected chi connectivity index (χ2v) is 12.2. The van der Waals surface area contributed by atoms with Crippen molar-refractivity contribution in [3.05, 3.63) is 0 Å². The minimum atomic E-state index is -0.738. The number of piperidine rings is 1. The Morgan fingerprint density at radius 1 is 1.03 bits per heavy atom. The van der Waals surface area contributed by atoms with E-state index in [1.54, 1.807) is 25.7 Å². The molecule has 5 atom stereocenters. The third-order valence-corrected chi connectivity index (χ3v) is 8.00. The molecule has 3 aliphatic rings. The Hall–Kier alpha value is -2.12. The van der Waals surface area contributed by atoms with E-state index < -0.39 is 29.8 Å². The molecule has 8 nitrogen and oxygen atoms in total. The van der Waals surface area contributed by atoms with Gasteiger partial charge in [-0.05, 0) is 50.9 Å². The number of fused-ring (bicyclic) bond motifs is 3. The van der Waals surface area contributed by atoms with Crippen LogP contribution in [-0.4, -0.2) is 59.4 Å². The van der Waals surface area contributed by atoms with Crippen molar-refractivity contribution in [2.24, 2.45) is 17.3 Å². The van der Waals surface area contributed by atoms with Crippen molar-refractivity contribution >= 4 is 24.2 Å². The zero-order valence-corrected chi connectivity index (χ0v) is 22.2. The first-order valence-electron chi connectivity index (χ1n) is 13.5. The van der Waals surface area contributed by atoms with E-state index >= 15 is 0 Å². The Morgan fingerprint density at radius 2 is 1.60 bits per heavy atom. The van der Waals surface area contributed by atoms with Crippen molar-refractivity contribution in [1.29, 1.82) is 0 Å². The normalized spacial score (nSPS) is 32.5. The van der Waals surface area contributed by atoms with E-state index in [1.807, 2.05) is 0 Å². The maximum Gasteiger partial charge on any atom is 0.408 e. The number of nitrogens with zero attached hydrogens (tertiary/aromatic N) is 1. The Kier molecular flexibility index (Phi) is 8.86. The molecule has 0 aromatic rings. The summed E-state index contributed by atoms with van der Waals surface area (Å²) < 4.78 is 5.43. The van der Waals surface area contributed by atoms with E-state index in [0.29, 0.717) is 19.4 Å². The number of hydrogen-bond donors (Lipinski definition) is 2. The molecule has 0 bridgehead atoms. The lowest BCUT2D eigenvalue weighted by atomic mass is 9.98. The first kappa shape index (κ1) is 27.5. The molecule has 0 aromatic heterocycles. The smallest absolute Gasteiger partial charge is 0.408 e. The van der Waals surface area contributed by atoms with E-state index in [9.17, 15) is 19.2 Å². The average Bonchev–Trinajstić information content (AvgIpc) is 3.09. The van der Waals surface area contributed by atoms with Crippen LogP contribution in [0.4, 0.5) is 4.79 Å². The maximum absolute atomic E-state index is 13.8. The number of alkyl carbamates (subject to hydrolysis) is 1. The second kappa shape index (κ2) is 11.3. The van der Waals surface area contributed by atoms with Gasteiger partial charge >= 0.3 is 6.09 Å². The van der Waals surface area contributed by atoms with Gasteiger partial charge in [-0.25, -0.2) is 4.79 Å². The fourth-order valence-electron chi connectivity index (χ4n) is 5.94. The first-order valence-corrected chi connectivity index (χ1v) is 13.5. The van der Waals surface area contributed by atoms with Crippen LogP contribution in [0.5, 0.6) is 0 Å². The van der Waals surface area contributed by atoms with E-state index in [4.69, 9.17) is 4.74 Å². The zero-order chi connectivity index (χ0) is 25.8.